The Bertz CT molecular complexity index is 495. The van der Waals surface area contributed by atoms with Gasteiger partial charge in [0.25, 0.3) is 0 Å². The fourth-order valence-electron chi connectivity index (χ4n) is 1.71. The highest BCUT2D eigenvalue weighted by Gasteiger charge is 2.14. The van der Waals surface area contributed by atoms with Crippen LogP contribution in [-0.4, -0.2) is 41.5 Å². The third-order valence-electron chi connectivity index (χ3n) is 2.47. The molecule has 1 amide bonds. The molecule has 0 aliphatic heterocycles. The summed E-state index contributed by atoms with van der Waals surface area (Å²) in [4.78, 5) is 24.2. The Labute approximate surface area is 127 Å². The van der Waals surface area contributed by atoms with Gasteiger partial charge in [-0.3, -0.25) is 14.5 Å². The van der Waals surface area contributed by atoms with E-state index in [0.717, 1.165) is 6.42 Å². The fraction of sp³-hybridized carbons (Fsp3) is 0.385. The Morgan fingerprint density at radius 3 is 2.60 bits per heavy atom. The minimum absolute atomic E-state index is 0.0109. The van der Waals surface area contributed by atoms with Crippen molar-refractivity contribution in [3.63, 3.8) is 0 Å². The van der Waals surface area contributed by atoms with E-state index in [4.69, 9.17) is 28.3 Å². The van der Waals surface area contributed by atoms with Gasteiger partial charge in [-0.05, 0) is 31.2 Å². The van der Waals surface area contributed by atoms with Gasteiger partial charge in [0.1, 0.15) is 0 Å². The van der Waals surface area contributed by atoms with E-state index in [0.29, 0.717) is 22.3 Å². The predicted octanol–water partition coefficient (Wildman–Crippen LogP) is 2.73. The zero-order valence-corrected chi connectivity index (χ0v) is 12.5. The molecule has 0 unspecified atom stereocenters. The van der Waals surface area contributed by atoms with Crippen molar-refractivity contribution in [3.05, 3.63) is 28.2 Å². The molecule has 5 nitrogen and oxygen atoms in total. The van der Waals surface area contributed by atoms with E-state index >= 15 is 0 Å². The number of carboxylic acid groups (broad SMARTS) is 1. The first-order valence-corrected chi connectivity index (χ1v) is 6.87. The van der Waals surface area contributed by atoms with Gasteiger partial charge in [0.2, 0.25) is 5.91 Å². The Morgan fingerprint density at radius 1 is 1.30 bits per heavy atom. The maximum atomic E-state index is 11.9. The summed E-state index contributed by atoms with van der Waals surface area (Å²) in [7, 11) is 0. The molecule has 0 bridgehead atoms. The zero-order valence-electron chi connectivity index (χ0n) is 11.0. The van der Waals surface area contributed by atoms with Crippen molar-refractivity contribution in [2.24, 2.45) is 0 Å². The Balaban J connectivity index is 2.65. The van der Waals surface area contributed by atoms with E-state index in [1.54, 1.807) is 23.1 Å². The molecule has 0 saturated heterocycles. The highest BCUT2D eigenvalue weighted by atomic mass is 35.5. The maximum Gasteiger partial charge on any atom is 0.317 e. The number of aliphatic carboxylic acids is 1. The molecule has 0 fully saturated rings. The molecule has 20 heavy (non-hydrogen) atoms. The van der Waals surface area contributed by atoms with Crippen LogP contribution in [0.1, 0.15) is 13.3 Å². The third kappa shape index (κ3) is 5.77. The molecule has 0 aromatic heterocycles. The molecule has 0 aliphatic rings. The first kappa shape index (κ1) is 16.8. The number of amides is 1. The zero-order chi connectivity index (χ0) is 15.1. The van der Waals surface area contributed by atoms with E-state index < -0.39 is 5.97 Å². The quantitative estimate of drug-likeness (QED) is 0.811. The molecule has 0 aliphatic carbocycles. The van der Waals surface area contributed by atoms with E-state index in [-0.39, 0.29) is 19.0 Å². The summed E-state index contributed by atoms with van der Waals surface area (Å²) < 4.78 is 0. The van der Waals surface area contributed by atoms with Crippen molar-refractivity contribution in [3.8, 4) is 0 Å². The molecular weight excluding hydrogens is 303 g/mol. The van der Waals surface area contributed by atoms with Crippen molar-refractivity contribution >= 4 is 40.8 Å². The minimum Gasteiger partial charge on any atom is -0.480 e. The van der Waals surface area contributed by atoms with Gasteiger partial charge in [-0.1, -0.05) is 30.1 Å². The Kier molecular flexibility index (Phi) is 6.78. The van der Waals surface area contributed by atoms with Crippen molar-refractivity contribution in [1.29, 1.82) is 0 Å². The highest BCUT2D eigenvalue weighted by Crippen LogP contribution is 2.25. The van der Waals surface area contributed by atoms with Gasteiger partial charge < -0.3 is 10.4 Å². The number of nitrogens with zero attached hydrogens (tertiary/aromatic N) is 1. The number of benzene rings is 1. The average molecular weight is 319 g/mol. The van der Waals surface area contributed by atoms with Crippen molar-refractivity contribution < 1.29 is 14.7 Å². The van der Waals surface area contributed by atoms with E-state index in [9.17, 15) is 9.59 Å². The van der Waals surface area contributed by atoms with Crippen molar-refractivity contribution in [2.75, 3.05) is 25.0 Å². The number of nitrogens with one attached hydrogen (secondary N) is 1. The van der Waals surface area contributed by atoms with Gasteiger partial charge in [0.05, 0.1) is 23.8 Å². The molecule has 0 saturated carbocycles. The summed E-state index contributed by atoms with van der Waals surface area (Å²) in [5, 5.41) is 12.2. The van der Waals surface area contributed by atoms with E-state index in [2.05, 4.69) is 5.32 Å². The number of anilines is 1. The normalized spacial score (nSPS) is 10.6. The monoisotopic (exact) mass is 318 g/mol. The van der Waals surface area contributed by atoms with Crippen molar-refractivity contribution in [1.82, 2.24) is 4.90 Å². The topological polar surface area (TPSA) is 69.6 Å². The highest BCUT2D eigenvalue weighted by molar-refractivity contribution is 6.35. The average Bonchev–Trinajstić information content (AvgIpc) is 2.33. The van der Waals surface area contributed by atoms with Gasteiger partial charge in [0, 0.05) is 5.02 Å². The van der Waals surface area contributed by atoms with E-state index in [1.165, 1.54) is 0 Å². The number of hydrogen-bond donors (Lipinski definition) is 2. The number of hydrogen-bond acceptors (Lipinski definition) is 3. The lowest BCUT2D eigenvalue weighted by Crippen LogP contribution is -2.37. The standard InChI is InChI=1S/C13H16Cl2N2O3/c1-2-5-17(8-13(19)20)7-12(18)16-11-6-9(14)3-4-10(11)15/h3-4,6H,2,5,7-8H2,1H3,(H,16,18)(H,19,20). The first-order valence-electron chi connectivity index (χ1n) is 6.11. The van der Waals surface area contributed by atoms with Crippen LogP contribution < -0.4 is 5.32 Å². The lowest BCUT2D eigenvalue weighted by molar-refractivity contribution is -0.138. The third-order valence-corrected chi connectivity index (χ3v) is 3.03. The van der Waals surface area contributed by atoms with Crippen LogP contribution in [0.2, 0.25) is 10.0 Å². The number of carboxylic acids is 1. The minimum atomic E-state index is -0.966. The van der Waals surface area contributed by atoms with Crippen LogP contribution in [0.3, 0.4) is 0 Å². The molecule has 1 rings (SSSR count). The number of carbonyl (C=O) groups is 2. The van der Waals surface area contributed by atoms with Crippen LogP contribution in [0.25, 0.3) is 0 Å². The van der Waals surface area contributed by atoms with Crippen LogP contribution in [-0.2, 0) is 9.59 Å². The Hall–Kier alpha value is -1.30. The predicted molar refractivity (Wildman–Crippen MR) is 79.5 cm³/mol. The SMILES string of the molecule is CCCN(CC(=O)O)CC(=O)Nc1cc(Cl)ccc1Cl. The van der Waals surface area contributed by atoms with E-state index in [1.807, 2.05) is 6.92 Å². The van der Waals surface area contributed by atoms with Crippen LogP contribution in [0.4, 0.5) is 5.69 Å². The molecule has 1 aromatic carbocycles. The number of rotatable bonds is 7. The summed E-state index contributed by atoms with van der Waals surface area (Å²) in [6, 6.07) is 4.75. The smallest absolute Gasteiger partial charge is 0.317 e. The summed E-state index contributed by atoms with van der Waals surface area (Å²) in [5.74, 6) is -1.30. The lowest BCUT2D eigenvalue weighted by atomic mass is 10.3. The summed E-state index contributed by atoms with van der Waals surface area (Å²) in [5.41, 5.74) is 0.413. The second kappa shape index (κ2) is 8.09. The number of carbonyl (C=O) groups excluding carboxylic acids is 1. The fourth-order valence-corrected chi connectivity index (χ4v) is 2.04. The number of halogens is 2. The molecule has 7 heteroatoms. The molecule has 1 aromatic rings. The lowest BCUT2D eigenvalue weighted by Gasteiger charge is -2.19. The Morgan fingerprint density at radius 2 is 2.00 bits per heavy atom. The van der Waals surface area contributed by atoms with Gasteiger partial charge >= 0.3 is 5.97 Å². The van der Waals surface area contributed by atoms with Crippen LogP contribution in [0.15, 0.2) is 18.2 Å². The molecule has 0 atom stereocenters. The molecule has 0 heterocycles. The van der Waals surface area contributed by atoms with Crippen LogP contribution in [0, 0.1) is 0 Å². The molecular formula is C13H16Cl2N2O3. The van der Waals surface area contributed by atoms with Gasteiger partial charge in [-0.15, -0.1) is 0 Å². The van der Waals surface area contributed by atoms with Crippen molar-refractivity contribution in [2.45, 2.75) is 13.3 Å². The molecule has 110 valence electrons. The summed E-state index contributed by atoms with van der Waals surface area (Å²) in [6.07, 6.45) is 0.762. The second-order valence-electron chi connectivity index (χ2n) is 4.28. The van der Waals surface area contributed by atoms with Crippen LogP contribution >= 0.6 is 23.2 Å². The van der Waals surface area contributed by atoms with Gasteiger partial charge in [0.15, 0.2) is 0 Å². The molecule has 2 N–H and O–H groups in total. The largest absolute Gasteiger partial charge is 0.480 e. The molecule has 0 radical (unpaired) electrons. The first-order chi connectivity index (χ1) is 9.42. The summed E-state index contributed by atoms with van der Waals surface area (Å²) in [6.45, 7) is 2.26. The maximum absolute atomic E-state index is 11.9. The molecule has 0 spiro atoms. The van der Waals surface area contributed by atoms with Crippen LogP contribution in [0.5, 0.6) is 0 Å². The van der Waals surface area contributed by atoms with Gasteiger partial charge in [-0.2, -0.15) is 0 Å². The van der Waals surface area contributed by atoms with Gasteiger partial charge in [-0.25, -0.2) is 0 Å². The summed E-state index contributed by atoms with van der Waals surface area (Å²) >= 11 is 11.8. The second-order valence-corrected chi connectivity index (χ2v) is 5.12.